The number of esters is 1. The molecule has 1 fully saturated rings. The number of amides is 1. The highest BCUT2D eigenvalue weighted by atomic mass is 16.5. The number of ether oxygens (including phenoxy) is 1. The van der Waals surface area contributed by atoms with Gasteiger partial charge in [-0.3, -0.25) is 9.69 Å². The quantitative estimate of drug-likeness (QED) is 0.745. The minimum Gasteiger partial charge on any atom is -0.459 e. The number of H-pyrrole nitrogens is 1. The number of piperidine rings is 1. The van der Waals surface area contributed by atoms with Gasteiger partial charge < -0.3 is 15.0 Å². The molecule has 0 saturated carbocycles. The summed E-state index contributed by atoms with van der Waals surface area (Å²) < 4.78 is 5.30. The van der Waals surface area contributed by atoms with Crippen molar-refractivity contribution in [2.75, 3.05) is 19.6 Å². The molecule has 0 spiro atoms. The summed E-state index contributed by atoms with van der Waals surface area (Å²) in [6.45, 7) is 16.5. The molecule has 1 atom stereocenters. The molecular weight excluding hydrogens is 342 g/mol. The van der Waals surface area contributed by atoms with Crippen molar-refractivity contribution >= 4 is 11.9 Å². The first-order chi connectivity index (χ1) is 12.5. The lowest BCUT2D eigenvalue weighted by Crippen LogP contribution is -2.54. The summed E-state index contributed by atoms with van der Waals surface area (Å²) in [4.78, 5) is 30.6. The lowest BCUT2D eigenvalue weighted by Gasteiger charge is -2.43. The Morgan fingerprint density at radius 1 is 1.33 bits per heavy atom. The Morgan fingerprint density at radius 3 is 2.59 bits per heavy atom. The van der Waals surface area contributed by atoms with Crippen LogP contribution in [0.25, 0.3) is 0 Å². The normalized spacial score (nSPS) is 18.6. The Hall–Kier alpha value is -1.82. The van der Waals surface area contributed by atoms with Crippen LogP contribution in [0, 0.1) is 19.8 Å². The second-order valence-electron chi connectivity index (χ2n) is 8.77. The van der Waals surface area contributed by atoms with E-state index in [1.165, 1.54) is 12.8 Å². The highest BCUT2D eigenvalue weighted by Gasteiger charge is 2.31. The highest BCUT2D eigenvalue weighted by Crippen LogP contribution is 2.24. The third kappa shape index (κ3) is 5.12. The van der Waals surface area contributed by atoms with E-state index in [-0.39, 0.29) is 17.6 Å². The zero-order valence-corrected chi connectivity index (χ0v) is 17.9. The lowest BCUT2D eigenvalue weighted by molar-refractivity contribution is 0.0376. The minimum atomic E-state index is -0.391. The smallest absolute Gasteiger partial charge is 0.340 e. The Bertz CT molecular complexity index is 691. The number of nitrogens with zero attached hydrogens (tertiary/aromatic N) is 1. The van der Waals surface area contributed by atoms with Gasteiger partial charge in [-0.25, -0.2) is 4.79 Å². The summed E-state index contributed by atoms with van der Waals surface area (Å²) in [7, 11) is 0. The Labute approximate surface area is 163 Å². The van der Waals surface area contributed by atoms with Crippen LogP contribution in [0.4, 0.5) is 0 Å². The van der Waals surface area contributed by atoms with Crippen LogP contribution in [0.15, 0.2) is 0 Å². The van der Waals surface area contributed by atoms with Gasteiger partial charge in [-0.2, -0.15) is 0 Å². The molecular formula is C21H35N3O3. The van der Waals surface area contributed by atoms with Crippen LogP contribution in [0.1, 0.15) is 79.6 Å². The molecule has 2 N–H and O–H groups in total. The van der Waals surface area contributed by atoms with Crippen LogP contribution < -0.4 is 5.32 Å². The van der Waals surface area contributed by atoms with Crippen LogP contribution in [0.5, 0.6) is 0 Å². The van der Waals surface area contributed by atoms with E-state index in [0.29, 0.717) is 35.0 Å². The SMILES string of the molecule is Cc1[nH]c(C(=O)NCC(C)(C)N2CCCC(C)C2)c(C)c1C(=O)OC(C)C. The number of nitrogens with one attached hydrogen (secondary N) is 2. The van der Waals surface area contributed by atoms with Crippen LogP contribution in [0.2, 0.25) is 0 Å². The van der Waals surface area contributed by atoms with Crippen molar-refractivity contribution in [3.8, 4) is 0 Å². The molecule has 2 heterocycles. The molecule has 2 rings (SSSR count). The number of hydrogen-bond donors (Lipinski definition) is 2. The van der Waals surface area contributed by atoms with Gasteiger partial charge in [0.2, 0.25) is 0 Å². The maximum absolute atomic E-state index is 12.8. The molecule has 1 aliphatic heterocycles. The molecule has 27 heavy (non-hydrogen) atoms. The fourth-order valence-corrected chi connectivity index (χ4v) is 3.79. The minimum absolute atomic E-state index is 0.112. The first kappa shape index (κ1) is 21.5. The molecule has 1 aromatic rings. The van der Waals surface area contributed by atoms with Crippen molar-refractivity contribution in [2.24, 2.45) is 5.92 Å². The van der Waals surface area contributed by atoms with Crippen molar-refractivity contribution in [2.45, 2.75) is 73.0 Å². The van der Waals surface area contributed by atoms with E-state index in [1.807, 2.05) is 13.8 Å². The number of aryl methyl sites for hydroxylation is 1. The second-order valence-corrected chi connectivity index (χ2v) is 8.77. The summed E-state index contributed by atoms with van der Waals surface area (Å²) in [5.74, 6) is 0.117. The molecule has 1 amide bonds. The lowest BCUT2D eigenvalue weighted by atomic mass is 9.93. The number of aromatic nitrogens is 1. The van der Waals surface area contributed by atoms with Crippen molar-refractivity contribution in [3.63, 3.8) is 0 Å². The van der Waals surface area contributed by atoms with Crippen molar-refractivity contribution in [3.05, 3.63) is 22.5 Å². The summed E-state index contributed by atoms with van der Waals surface area (Å²) in [5, 5.41) is 3.05. The van der Waals surface area contributed by atoms with Gasteiger partial charge in [-0.15, -0.1) is 0 Å². The van der Waals surface area contributed by atoms with E-state index in [4.69, 9.17) is 4.74 Å². The average molecular weight is 378 g/mol. The molecule has 152 valence electrons. The number of carbonyl (C=O) groups is 2. The van der Waals surface area contributed by atoms with Gasteiger partial charge in [0, 0.05) is 24.3 Å². The van der Waals surface area contributed by atoms with Gasteiger partial charge in [-0.05, 0) is 72.4 Å². The van der Waals surface area contributed by atoms with Gasteiger partial charge in [0.1, 0.15) is 5.69 Å². The monoisotopic (exact) mass is 377 g/mol. The van der Waals surface area contributed by atoms with Crippen LogP contribution in [-0.2, 0) is 4.74 Å². The van der Waals surface area contributed by atoms with E-state index >= 15 is 0 Å². The Balaban J connectivity index is 2.07. The van der Waals surface area contributed by atoms with Gasteiger partial charge in [-0.1, -0.05) is 6.92 Å². The molecule has 1 saturated heterocycles. The Kier molecular flexibility index (Phi) is 6.73. The molecule has 1 aliphatic rings. The predicted octanol–water partition coefficient (Wildman–Crippen LogP) is 3.44. The summed E-state index contributed by atoms with van der Waals surface area (Å²) in [5.41, 5.74) is 2.08. The van der Waals surface area contributed by atoms with Crippen LogP contribution in [0.3, 0.4) is 0 Å². The topological polar surface area (TPSA) is 74.4 Å². The Morgan fingerprint density at radius 2 is 2.00 bits per heavy atom. The van der Waals surface area contributed by atoms with Crippen LogP contribution in [-0.4, -0.2) is 53.0 Å². The summed E-state index contributed by atoms with van der Waals surface area (Å²) in [6.07, 6.45) is 2.28. The first-order valence-corrected chi connectivity index (χ1v) is 9.96. The van der Waals surface area contributed by atoms with Crippen molar-refractivity contribution in [1.82, 2.24) is 15.2 Å². The van der Waals surface area contributed by atoms with E-state index in [9.17, 15) is 9.59 Å². The predicted molar refractivity (Wildman–Crippen MR) is 107 cm³/mol. The second kappa shape index (κ2) is 8.46. The van der Waals surface area contributed by atoms with E-state index < -0.39 is 5.97 Å². The van der Waals surface area contributed by atoms with Gasteiger partial charge in [0.05, 0.1) is 11.7 Å². The molecule has 6 nitrogen and oxygen atoms in total. The summed E-state index contributed by atoms with van der Waals surface area (Å²) >= 11 is 0. The van der Waals surface area contributed by atoms with Gasteiger partial charge in [0.25, 0.3) is 5.91 Å². The number of hydrogen-bond acceptors (Lipinski definition) is 4. The number of likely N-dealkylation sites (tertiary alicyclic amines) is 1. The number of carbonyl (C=O) groups excluding carboxylic acids is 2. The summed E-state index contributed by atoms with van der Waals surface area (Å²) in [6, 6.07) is 0. The number of aromatic amines is 1. The number of rotatable bonds is 6. The standard InChI is InChI=1S/C21H35N3O3/c1-13(2)27-20(26)17-15(4)18(23-16(17)5)19(25)22-12-21(6,7)24-10-8-9-14(3)11-24/h13-14,23H,8-12H2,1-7H3,(H,22,25). The fraction of sp³-hybridized carbons (Fsp3) is 0.714. The van der Waals surface area contributed by atoms with E-state index in [0.717, 1.165) is 13.1 Å². The van der Waals surface area contributed by atoms with Crippen molar-refractivity contribution in [1.29, 1.82) is 0 Å². The largest absolute Gasteiger partial charge is 0.459 e. The third-order valence-electron chi connectivity index (χ3n) is 5.41. The van der Waals surface area contributed by atoms with Gasteiger partial charge >= 0.3 is 5.97 Å². The molecule has 1 unspecified atom stereocenters. The maximum Gasteiger partial charge on any atom is 0.340 e. The van der Waals surface area contributed by atoms with E-state index in [1.54, 1.807) is 13.8 Å². The molecule has 0 radical (unpaired) electrons. The third-order valence-corrected chi connectivity index (χ3v) is 5.41. The zero-order chi connectivity index (χ0) is 20.4. The molecule has 0 aromatic carbocycles. The molecule has 1 aromatic heterocycles. The molecule has 0 aliphatic carbocycles. The zero-order valence-electron chi connectivity index (χ0n) is 17.9. The molecule has 6 heteroatoms. The maximum atomic E-state index is 12.8. The fourth-order valence-electron chi connectivity index (χ4n) is 3.79. The van der Waals surface area contributed by atoms with Crippen molar-refractivity contribution < 1.29 is 14.3 Å². The highest BCUT2D eigenvalue weighted by molar-refractivity contribution is 6.00. The average Bonchev–Trinajstić information content (AvgIpc) is 2.86. The molecule has 0 bridgehead atoms. The first-order valence-electron chi connectivity index (χ1n) is 9.96. The van der Waals surface area contributed by atoms with Gasteiger partial charge in [0.15, 0.2) is 0 Å². The van der Waals surface area contributed by atoms with E-state index in [2.05, 4.69) is 36.0 Å². The van der Waals surface area contributed by atoms with Crippen LogP contribution >= 0.6 is 0 Å².